The van der Waals surface area contributed by atoms with Gasteiger partial charge in [0.15, 0.2) is 17.5 Å². The van der Waals surface area contributed by atoms with E-state index in [1.165, 1.54) is 0 Å². The van der Waals surface area contributed by atoms with E-state index in [1.807, 2.05) is 18.2 Å². The minimum atomic E-state index is 0.485. The molecule has 0 saturated carbocycles. The van der Waals surface area contributed by atoms with Crippen molar-refractivity contribution in [2.24, 2.45) is 4.99 Å². The molecule has 0 aliphatic carbocycles. The number of likely N-dealkylation sites (N-methyl/N-ethyl adjacent to an activating group) is 2. The van der Waals surface area contributed by atoms with Gasteiger partial charge in [0.2, 0.25) is 0 Å². The topological polar surface area (TPSA) is 61.4 Å². The molecule has 7 heteroatoms. The summed E-state index contributed by atoms with van der Waals surface area (Å²) in [7, 11) is 9.43. The molecule has 1 aliphatic heterocycles. The van der Waals surface area contributed by atoms with Crippen molar-refractivity contribution in [3.8, 4) is 11.5 Å². The Balaban J connectivity index is 1.86. The van der Waals surface area contributed by atoms with Crippen LogP contribution in [0.4, 0.5) is 0 Å². The summed E-state index contributed by atoms with van der Waals surface area (Å²) in [6.07, 6.45) is 0. The number of benzene rings is 1. The molecule has 0 amide bonds. The van der Waals surface area contributed by atoms with Crippen molar-refractivity contribution in [2.75, 3.05) is 61.5 Å². The third-order valence-corrected chi connectivity index (χ3v) is 4.62. The first-order valence-corrected chi connectivity index (χ1v) is 8.61. The molecule has 25 heavy (non-hydrogen) atoms. The number of piperazine rings is 1. The minimum Gasteiger partial charge on any atom is -0.493 e. The molecule has 0 aromatic heterocycles. The summed E-state index contributed by atoms with van der Waals surface area (Å²) < 4.78 is 10.6. The van der Waals surface area contributed by atoms with Gasteiger partial charge in [-0.05, 0) is 31.8 Å². The number of guanidine groups is 1. The molecule has 1 aromatic rings. The maximum atomic E-state index is 5.35. The van der Waals surface area contributed by atoms with Crippen LogP contribution in [-0.2, 0) is 6.54 Å². The van der Waals surface area contributed by atoms with Crippen LogP contribution in [0.1, 0.15) is 5.56 Å². The summed E-state index contributed by atoms with van der Waals surface area (Å²) in [5, 5.41) is 6.78. The van der Waals surface area contributed by atoms with Crippen molar-refractivity contribution in [3.05, 3.63) is 23.8 Å². The molecule has 0 radical (unpaired) electrons. The summed E-state index contributed by atoms with van der Waals surface area (Å²) in [4.78, 5) is 9.08. The van der Waals surface area contributed by atoms with E-state index in [4.69, 9.17) is 9.47 Å². The fraction of sp³-hybridized carbons (Fsp3) is 0.611. The summed E-state index contributed by atoms with van der Waals surface area (Å²) in [6.45, 7) is 4.82. The molecular weight excluding hydrogens is 318 g/mol. The van der Waals surface area contributed by atoms with Gasteiger partial charge < -0.3 is 25.0 Å². The Kier molecular flexibility index (Phi) is 7.33. The number of hydrogen-bond donors (Lipinski definition) is 2. The Morgan fingerprint density at radius 3 is 2.60 bits per heavy atom. The molecule has 2 rings (SSSR count). The monoisotopic (exact) mass is 349 g/mol. The first kappa shape index (κ1) is 19.3. The Hall–Kier alpha value is -1.99. The number of nitrogens with zero attached hydrogens (tertiary/aromatic N) is 3. The predicted octanol–water partition coefficient (Wildman–Crippen LogP) is 0.615. The van der Waals surface area contributed by atoms with Gasteiger partial charge in [-0.25, -0.2) is 0 Å². The van der Waals surface area contributed by atoms with Crippen LogP contribution in [0, 0.1) is 0 Å². The SMILES string of the molecule is CN=C(NCc1ccc(OC)c(OC)c1)NCC1CN(C)CCN1C. The van der Waals surface area contributed by atoms with Gasteiger partial charge in [-0.2, -0.15) is 0 Å². The maximum Gasteiger partial charge on any atom is 0.191 e. The Morgan fingerprint density at radius 2 is 1.92 bits per heavy atom. The van der Waals surface area contributed by atoms with E-state index in [0.29, 0.717) is 12.6 Å². The predicted molar refractivity (Wildman–Crippen MR) is 102 cm³/mol. The van der Waals surface area contributed by atoms with E-state index in [0.717, 1.165) is 49.2 Å². The number of ether oxygens (including phenoxy) is 2. The number of nitrogens with one attached hydrogen (secondary N) is 2. The van der Waals surface area contributed by atoms with Crippen molar-refractivity contribution >= 4 is 5.96 Å². The standard InChI is InChI=1S/C18H31N5O2/c1-19-18(21-12-15-13-22(2)8-9-23(15)3)20-11-14-6-7-16(24-4)17(10-14)25-5/h6-7,10,15H,8-9,11-13H2,1-5H3,(H2,19,20,21). The van der Waals surface area contributed by atoms with Crippen LogP contribution >= 0.6 is 0 Å². The van der Waals surface area contributed by atoms with Crippen LogP contribution in [0.5, 0.6) is 11.5 Å². The van der Waals surface area contributed by atoms with Gasteiger partial charge in [0.25, 0.3) is 0 Å². The van der Waals surface area contributed by atoms with Gasteiger partial charge >= 0.3 is 0 Å². The lowest BCUT2D eigenvalue weighted by atomic mass is 10.2. The van der Waals surface area contributed by atoms with Crippen LogP contribution in [0.3, 0.4) is 0 Å². The van der Waals surface area contributed by atoms with Crippen molar-refractivity contribution in [2.45, 2.75) is 12.6 Å². The largest absolute Gasteiger partial charge is 0.493 e. The van der Waals surface area contributed by atoms with Crippen molar-refractivity contribution < 1.29 is 9.47 Å². The van der Waals surface area contributed by atoms with Crippen molar-refractivity contribution in [1.82, 2.24) is 20.4 Å². The molecule has 0 spiro atoms. The van der Waals surface area contributed by atoms with Crippen LogP contribution in [-0.4, -0.2) is 83.3 Å². The fourth-order valence-electron chi connectivity index (χ4n) is 2.93. The first-order chi connectivity index (χ1) is 12.1. The highest BCUT2D eigenvalue weighted by Crippen LogP contribution is 2.27. The molecular formula is C18H31N5O2. The lowest BCUT2D eigenvalue weighted by molar-refractivity contribution is 0.116. The van der Waals surface area contributed by atoms with E-state index in [-0.39, 0.29) is 0 Å². The van der Waals surface area contributed by atoms with Gasteiger partial charge in [0.05, 0.1) is 14.2 Å². The van der Waals surface area contributed by atoms with Crippen LogP contribution in [0.15, 0.2) is 23.2 Å². The Labute approximate surface area is 151 Å². The summed E-state index contributed by atoms with van der Waals surface area (Å²) in [5.74, 6) is 2.27. The summed E-state index contributed by atoms with van der Waals surface area (Å²) in [5.41, 5.74) is 1.11. The number of aliphatic imine (C=N–C) groups is 1. The second-order valence-corrected chi connectivity index (χ2v) is 6.39. The molecule has 7 nitrogen and oxygen atoms in total. The van der Waals surface area contributed by atoms with E-state index in [2.05, 4.69) is 39.5 Å². The second kappa shape index (κ2) is 9.48. The average Bonchev–Trinajstić information content (AvgIpc) is 2.64. The molecule has 1 saturated heterocycles. The molecule has 1 aliphatic rings. The zero-order valence-corrected chi connectivity index (χ0v) is 16.0. The average molecular weight is 349 g/mol. The minimum absolute atomic E-state index is 0.485. The molecule has 0 bridgehead atoms. The van der Waals surface area contributed by atoms with Crippen molar-refractivity contribution in [1.29, 1.82) is 0 Å². The summed E-state index contributed by atoms with van der Waals surface area (Å²) >= 11 is 0. The van der Waals surface area contributed by atoms with E-state index in [1.54, 1.807) is 21.3 Å². The van der Waals surface area contributed by atoms with E-state index in [9.17, 15) is 0 Å². The maximum absolute atomic E-state index is 5.35. The van der Waals surface area contributed by atoms with Gasteiger partial charge in [-0.1, -0.05) is 6.07 Å². The lowest BCUT2D eigenvalue weighted by Gasteiger charge is -2.37. The highest BCUT2D eigenvalue weighted by atomic mass is 16.5. The smallest absolute Gasteiger partial charge is 0.191 e. The van der Waals surface area contributed by atoms with Crippen LogP contribution in [0.25, 0.3) is 0 Å². The number of methoxy groups -OCH3 is 2. The second-order valence-electron chi connectivity index (χ2n) is 6.39. The Morgan fingerprint density at radius 1 is 1.16 bits per heavy atom. The van der Waals surface area contributed by atoms with E-state index < -0.39 is 0 Å². The van der Waals surface area contributed by atoms with E-state index >= 15 is 0 Å². The van der Waals surface area contributed by atoms with Gasteiger partial charge in [0, 0.05) is 45.8 Å². The molecule has 1 heterocycles. The highest BCUT2D eigenvalue weighted by molar-refractivity contribution is 5.79. The number of hydrogen-bond acceptors (Lipinski definition) is 5. The zero-order valence-electron chi connectivity index (χ0n) is 16.0. The third kappa shape index (κ3) is 5.51. The molecule has 140 valence electrons. The third-order valence-electron chi connectivity index (χ3n) is 4.62. The van der Waals surface area contributed by atoms with Crippen LogP contribution < -0.4 is 20.1 Å². The first-order valence-electron chi connectivity index (χ1n) is 8.61. The van der Waals surface area contributed by atoms with Crippen LogP contribution in [0.2, 0.25) is 0 Å². The quantitative estimate of drug-likeness (QED) is 0.580. The van der Waals surface area contributed by atoms with Gasteiger partial charge in [-0.15, -0.1) is 0 Å². The number of rotatable bonds is 6. The lowest BCUT2D eigenvalue weighted by Crippen LogP contribution is -2.55. The fourth-order valence-corrected chi connectivity index (χ4v) is 2.93. The van der Waals surface area contributed by atoms with Gasteiger partial charge in [-0.3, -0.25) is 9.89 Å². The summed E-state index contributed by atoms with van der Waals surface area (Å²) in [6, 6.07) is 6.39. The highest BCUT2D eigenvalue weighted by Gasteiger charge is 2.22. The molecule has 1 unspecified atom stereocenters. The van der Waals surface area contributed by atoms with Crippen molar-refractivity contribution in [3.63, 3.8) is 0 Å². The normalized spacial score (nSPS) is 19.6. The molecule has 1 atom stereocenters. The van der Waals surface area contributed by atoms with Gasteiger partial charge in [0.1, 0.15) is 0 Å². The molecule has 2 N–H and O–H groups in total. The molecule has 1 aromatic carbocycles. The zero-order chi connectivity index (χ0) is 18.2. The molecule has 1 fully saturated rings. The Bertz CT molecular complexity index is 579.